The highest BCUT2D eigenvalue weighted by Gasteiger charge is 2.01. The van der Waals surface area contributed by atoms with Gasteiger partial charge in [0, 0.05) is 6.42 Å². The van der Waals surface area contributed by atoms with Crippen molar-refractivity contribution in [1.82, 2.24) is 0 Å². The van der Waals surface area contributed by atoms with Crippen LogP contribution >= 0.6 is 0 Å². The summed E-state index contributed by atoms with van der Waals surface area (Å²) >= 11 is 0. The Bertz CT molecular complexity index is 222. The van der Waals surface area contributed by atoms with Crippen LogP contribution in [-0.4, -0.2) is 12.1 Å². The Kier molecular flexibility index (Phi) is 4.93. The monoisotopic (exact) mass is 166 g/mol. The molecule has 0 aromatic rings. The molecule has 66 valence electrons. The number of hydrogen-bond acceptors (Lipinski definition) is 2. The third-order valence-electron chi connectivity index (χ3n) is 1.57. The quantitative estimate of drug-likeness (QED) is 0.462. The van der Waals surface area contributed by atoms with Gasteiger partial charge < -0.3 is 0 Å². The molecule has 0 amide bonds. The second kappa shape index (κ2) is 5.47. The molecule has 0 fully saturated rings. The molecule has 0 radical (unpaired) electrons. The maximum Gasteiger partial charge on any atom is 0.158 e. The molecule has 2 nitrogen and oxygen atoms in total. The van der Waals surface area contributed by atoms with Crippen LogP contribution in [0.25, 0.3) is 0 Å². The standard InChI is InChI=1S/C10H14O2/c1-8(2)10(12)5-4-9(3)6-7-11/h6-7H,1,4-5H2,2-3H3. The van der Waals surface area contributed by atoms with E-state index in [9.17, 15) is 9.59 Å². The van der Waals surface area contributed by atoms with Crippen molar-refractivity contribution in [2.75, 3.05) is 0 Å². The van der Waals surface area contributed by atoms with Crippen LogP contribution in [0.2, 0.25) is 0 Å². The van der Waals surface area contributed by atoms with Gasteiger partial charge in [-0.05, 0) is 31.9 Å². The summed E-state index contributed by atoms with van der Waals surface area (Å²) in [5.41, 5.74) is 1.51. The Morgan fingerprint density at radius 2 is 1.92 bits per heavy atom. The van der Waals surface area contributed by atoms with E-state index in [1.807, 2.05) is 6.92 Å². The first-order valence-corrected chi connectivity index (χ1v) is 3.87. The van der Waals surface area contributed by atoms with Crippen molar-refractivity contribution in [3.05, 3.63) is 23.8 Å². The molecule has 0 rings (SSSR count). The van der Waals surface area contributed by atoms with Crippen molar-refractivity contribution < 1.29 is 9.59 Å². The molecule has 0 atom stereocenters. The average Bonchev–Trinajstić information content (AvgIpc) is 2.00. The van der Waals surface area contributed by atoms with Gasteiger partial charge in [0.05, 0.1) is 0 Å². The fraction of sp³-hybridized carbons (Fsp3) is 0.400. The minimum absolute atomic E-state index is 0.0636. The van der Waals surface area contributed by atoms with Gasteiger partial charge in [0.25, 0.3) is 0 Å². The zero-order chi connectivity index (χ0) is 9.56. The second-order valence-corrected chi connectivity index (χ2v) is 2.85. The predicted octanol–water partition coefficient (Wildman–Crippen LogP) is 2.06. The molecule has 2 heteroatoms. The van der Waals surface area contributed by atoms with Gasteiger partial charge in [0.1, 0.15) is 6.29 Å². The Morgan fingerprint density at radius 1 is 1.33 bits per heavy atom. The maximum atomic E-state index is 11.0. The summed E-state index contributed by atoms with van der Waals surface area (Å²) in [6.07, 6.45) is 3.31. The summed E-state index contributed by atoms with van der Waals surface area (Å²) in [5, 5.41) is 0. The number of ketones is 1. The van der Waals surface area contributed by atoms with Crippen LogP contribution in [0.1, 0.15) is 26.7 Å². The largest absolute Gasteiger partial charge is 0.299 e. The molecular weight excluding hydrogens is 152 g/mol. The first-order chi connectivity index (χ1) is 5.57. The molecule has 0 aliphatic carbocycles. The molecule has 0 saturated heterocycles. The summed E-state index contributed by atoms with van der Waals surface area (Å²) < 4.78 is 0. The zero-order valence-electron chi connectivity index (χ0n) is 7.59. The van der Waals surface area contributed by atoms with E-state index < -0.39 is 0 Å². The number of hydrogen-bond donors (Lipinski definition) is 0. The lowest BCUT2D eigenvalue weighted by atomic mass is 10.1. The summed E-state index contributed by atoms with van der Waals surface area (Å²) in [6.45, 7) is 7.07. The summed E-state index contributed by atoms with van der Waals surface area (Å²) in [4.78, 5) is 21.1. The number of aldehydes is 1. The molecule has 0 N–H and O–H groups in total. The van der Waals surface area contributed by atoms with Crippen molar-refractivity contribution in [3.8, 4) is 0 Å². The lowest BCUT2D eigenvalue weighted by molar-refractivity contribution is -0.115. The average molecular weight is 166 g/mol. The fourth-order valence-electron chi connectivity index (χ4n) is 0.724. The SMILES string of the molecule is C=C(C)C(=O)CCC(C)=CC=O. The molecule has 0 spiro atoms. The van der Waals surface area contributed by atoms with Gasteiger partial charge in [-0.3, -0.25) is 9.59 Å². The van der Waals surface area contributed by atoms with E-state index in [1.165, 1.54) is 6.08 Å². The number of rotatable bonds is 5. The van der Waals surface area contributed by atoms with Gasteiger partial charge in [0.15, 0.2) is 5.78 Å². The molecule has 0 aliphatic rings. The van der Waals surface area contributed by atoms with Crippen molar-refractivity contribution in [2.24, 2.45) is 0 Å². The van der Waals surface area contributed by atoms with Crippen LogP contribution in [0.5, 0.6) is 0 Å². The molecule has 12 heavy (non-hydrogen) atoms. The van der Waals surface area contributed by atoms with Crippen LogP contribution < -0.4 is 0 Å². The predicted molar refractivity (Wildman–Crippen MR) is 48.9 cm³/mol. The second-order valence-electron chi connectivity index (χ2n) is 2.85. The Hall–Kier alpha value is -1.18. The third-order valence-corrected chi connectivity index (χ3v) is 1.57. The van der Waals surface area contributed by atoms with E-state index in [2.05, 4.69) is 6.58 Å². The van der Waals surface area contributed by atoms with Crippen molar-refractivity contribution in [3.63, 3.8) is 0 Å². The molecule has 0 aromatic heterocycles. The van der Waals surface area contributed by atoms with Gasteiger partial charge >= 0.3 is 0 Å². The number of carbonyl (C=O) groups excluding carboxylic acids is 2. The van der Waals surface area contributed by atoms with Gasteiger partial charge in [0.2, 0.25) is 0 Å². The van der Waals surface area contributed by atoms with Crippen LogP contribution in [0.15, 0.2) is 23.8 Å². The van der Waals surface area contributed by atoms with Crippen molar-refractivity contribution >= 4 is 12.1 Å². The number of allylic oxidation sites excluding steroid dienone is 3. The summed E-state index contributed by atoms with van der Waals surface area (Å²) in [7, 11) is 0. The summed E-state index contributed by atoms with van der Waals surface area (Å²) in [5.74, 6) is 0.0636. The molecule has 0 aliphatic heterocycles. The highest BCUT2D eigenvalue weighted by atomic mass is 16.1. The molecule has 0 unspecified atom stereocenters. The normalized spacial score (nSPS) is 11.0. The van der Waals surface area contributed by atoms with Gasteiger partial charge in [-0.25, -0.2) is 0 Å². The third kappa shape index (κ3) is 4.61. The van der Waals surface area contributed by atoms with E-state index in [4.69, 9.17) is 0 Å². The fourth-order valence-corrected chi connectivity index (χ4v) is 0.724. The maximum absolute atomic E-state index is 11.0. The molecular formula is C10H14O2. The number of carbonyl (C=O) groups is 2. The van der Waals surface area contributed by atoms with E-state index in [0.717, 1.165) is 11.9 Å². The Labute approximate surface area is 73.0 Å². The van der Waals surface area contributed by atoms with E-state index >= 15 is 0 Å². The van der Waals surface area contributed by atoms with Crippen molar-refractivity contribution in [1.29, 1.82) is 0 Å². The summed E-state index contributed by atoms with van der Waals surface area (Å²) in [6, 6.07) is 0. The molecule has 0 aromatic carbocycles. The van der Waals surface area contributed by atoms with Crippen LogP contribution in [0.3, 0.4) is 0 Å². The van der Waals surface area contributed by atoms with E-state index in [0.29, 0.717) is 18.4 Å². The number of Topliss-reactive ketones (excluding diaryl/α,β-unsaturated/α-hetero) is 1. The topological polar surface area (TPSA) is 34.1 Å². The Balaban J connectivity index is 3.84. The first kappa shape index (κ1) is 10.8. The van der Waals surface area contributed by atoms with Crippen molar-refractivity contribution in [2.45, 2.75) is 26.7 Å². The van der Waals surface area contributed by atoms with Gasteiger partial charge in [-0.15, -0.1) is 0 Å². The van der Waals surface area contributed by atoms with E-state index in [1.54, 1.807) is 6.92 Å². The molecule has 0 heterocycles. The molecule has 0 saturated carbocycles. The lowest BCUT2D eigenvalue weighted by Gasteiger charge is -1.98. The van der Waals surface area contributed by atoms with Crippen LogP contribution in [0, 0.1) is 0 Å². The highest BCUT2D eigenvalue weighted by molar-refractivity contribution is 5.94. The first-order valence-electron chi connectivity index (χ1n) is 3.87. The minimum Gasteiger partial charge on any atom is -0.299 e. The molecule has 0 bridgehead atoms. The minimum atomic E-state index is 0.0636. The van der Waals surface area contributed by atoms with Gasteiger partial charge in [-0.2, -0.15) is 0 Å². The van der Waals surface area contributed by atoms with E-state index in [-0.39, 0.29) is 5.78 Å². The smallest absolute Gasteiger partial charge is 0.158 e. The Morgan fingerprint density at radius 3 is 2.33 bits per heavy atom. The highest BCUT2D eigenvalue weighted by Crippen LogP contribution is 2.06. The van der Waals surface area contributed by atoms with Gasteiger partial charge in [-0.1, -0.05) is 12.2 Å². The van der Waals surface area contributed by atoms with Crippen LogP contribution in [-0.2, 0) is 9.59 Å². The lowest BCUT2D eigenvalue weighted by Crippen LogP contribution is -1.98. The zero-order valence-corrected chi connectivity index (χ0v) is 7.59. The van der Waals surface area contributed by atoms with Crippen LogP contribution in [0.4, 0.5) is 0 Å².